The fraction of sp³-hybridized carbons (Fsp3) is 0.250. The van der Waals surface area contributed by atoms with E-state index in [4.69, 9.17) is 32.5 Å². The quantitative estimate of drug-likeness (QED) is 0.248. The van der Waals surface area contributed by atoms with E-state index in [1.165, 1.54) is 6.07 Å². The molecule has 3 aliphatic rings. The SMILES string of the molecule is O=C(O)c1ccc(N2C(=O)C3(CC3)c3cc(OCc4c(-c5c(Cl)cccc5Cl)noc4C4CC4)ccc32)s1. The highest BCUT2D eigenvalue weighted by molar-refractivity contribution is 7.18. The maximum Gasteiger partial charge on any atom is 0.345 e. The average molecular weight is 567 g/mol. The van der Waals surface area contributed by atoms with Crippen molar-refractivity contribution in [2.24, 2.45) is 0 Å². The third-order valence-electron chi connectivity index (χ3n) is 7.46. The molecule has 38 heavy (non-hydrogen) atoms. The summed E-state index contributed by atoms with van der Waals surface area (Å²) in [5.41, 5.74) is 3.12. The summed E-state index contributed by atoms with van der Waals surface area (Å²) in [5, 5.41) is 15.2. The van der Waals surface area contributed by atoms with Crippen LogP contribution in [0.2, 0.25) is 10.0 Å². The minimum Gasteiger partial charge on any atom is -0.489 e. The molecule has 7 rings (SSSR count). The van der Waals surface area contributed by atoms with Gasteiger partial charge in [0.1, 0.15) is 33.7 Å². The van der Waals surface area contributed by atoms with Crippen LogP contribution < -0.4 is 9.64 Å². The molecule has 2 aromatic carbocycles. The third-order valence-corrected chi connectivity index (χ3v) is 9.15. The molecule has 2 aromatic heterocycles. The predicted octanol–water partition coefficient (Wildman–Crippen LogP) is 7.57. The van der Waals surface area contributed by atoms with Gasteiger partial charge in [-0.05, 0) is 73.7 Å². The lowest BCUT2D eigenvalue weighted by Crippen LogP contribution is -2.27. The second kappa shape index (κ2) is 8.59. The first-order valence-electron chi connectivity index (χ1n) is 12.3. The van der Waals surface area contributed by atoms with E-state index in [2.05, 4.69) is 5.16 Å². The summed E-state index contributed by atoms with van der Waals surface area (Å²) in [5.74, 6) is 0.702. The lowest BCUT2D eigenvalue weighted by Gasteiger charge is -2.16. The average Bonchev–Trinajstić information content (AvgIpc) is 3.79. The van der Waals surface area contributed by atoms with Crippen molar-refractivity contribution in [2.45, 2.75) is 43.6 Å². The summed E-state index contributed by atoms with van der Waals surface area (Å²) in [6.07, 6.45) is 3.57. The first kappa shape index (κ1) is 23.8. The minimum atomic E-state index is -1.00. The third kappa shape index (κ3) is 3.66. The molecule has 0 unspecified atom stereocenters. The van der Waals surface area contributed by atoms with Crippen LogP contribution in [0.25, 0.3) is 11.3 Å². The number of carbonyl (C=O) groups excluding carboxylic acids is 1. The van der Waals surface area contributed by atoms with Gasteiger partial charge in [0, 0.05) is 11.5 Å². The number of aromatic carboxylic acids is 1. The van der Waals surface area contributed by atoms with E-state index in [0.717, 1.165) is 59.6 Å². The van der Waals surface area contributed by atoms with E-state index in [1.54, 1.807) is 29.2 Å². The summed E-state index contributed by atoms with van der Waals surface area (Å²) in [4.78, 5) is 26.7. The second-order valence-electron chi connectivity index (χ2n) is 9.88. The minimum absolute atomic E-state index is 0.0193. The Morgan fingerprint density at radius 2 is 1.92 bits per heavy atom. The molecule has 7 nitrogen and oxygen atoms in total. The number of amides is 1. The van der Waals surface area contributed by atoms with Crippen LogP contribution in [0.3, 0.4) is 0 Å². The highest BCUT2D eigenvalue weighted by Crippen LogP contribution is 2.60. The van der Waals surface area contributed by atoms with Crippen molar-refractivity contribution in [3.63, 3.8) is 0 Å². The number of halogens is 2. The molecule has 2 saturated carbocycles. The zero-order valence-corrected chi connectivity index (χ0v) is 22.2. The van der Waals surface area contributed by atoms with Crippen molar-refractivity contribution >= 4 is 57.1 Å². The zero-order chi connectivity index (χ0) is 26.2. The number of carbonyl (C=O) groups is 2. The number of rotatable bonds is 7. The normalized spacial score (nSPS) is 17.2. The van der Waals surface area contributed by atoms with Gasteiger partial charge in [-0.2, -0.15) is 0 Å². The largest absolute Gasteiger partial charge is 0.489 e. The van der Waals surface area contributed by atoms with E-state index < -0.39 is 11.4 Å². The molecule has 192 valence electrons. The Labute approximate surface area is 231 Å². The van der Waals surface area contributed by atoms with Crippen LogP contribution in [0.15, 0.2) is 53.1 Å². The number of thiophene rings is 1. The Hall–Kier alpha value is -3.33. The van der Waals surface area contributed by atoms with Crippen molar-refractivity contribution in [3.05, 3.63) is 80.3 Å². The second-order valence-corrected chi connectivity index (χ2v) is 11.8. The van der Waals surface area contributed by atoms with E-state index in [-0.39, 0.29) is 17.4 Å². The predicted molar refractivity (Wildman–Crippen MR) is 144 cm³/mol. The molecule has 2 aliphatic carbocycles. The van der Waals surface area contributed by atoms with Gasteiger partial charge in [0.2, 0.25) is 5.91 Å². The number of ether oxygens (including phenoxy) is 1. The van der Waals surface area contributed by atoms with Crippen molar-refractivity contribution < 1.29 is 24.0 Å². The highest BCUT2D eigenvalue weighted by atomic mass is 35.5. The van der Waals surface area contributed by atoms with Crippen molar-refractivity contribution in [2.75, 3.05) is 4.90 Å². The molecule has 3 heterocycles. The Balaban J connectivity index is 1.21. The van der Waals surface area contributed by atoms with Gasteiger partial charge in [0.25, 0.3) is 0 Å². The molecule has 1 N–H and O–H groups in total. The molecule has 1 spiro atoms. The van der Waals surface area contributed by atoms with E-state index in [0.29, 0.717) is 38.0 Å². The molecule has 0 radical (unpaired) electrons. The number of hydrogen-bond donors (Lipinski definition) is 1. The first-order valence-corrected chi connectivity index (χ1v) is 13.8. The van der Waals surface area contributed by atoms with E-state index >= 15 is 0 Å². The molecule has 0 atom stereocenters. The van der Waals surface area contributed by atoms with E-state index in [1.807, 2.05) is 18.2 Å². The number of carboxylic acids is 1. The van der Waals surface area contributed by atoms with Gasteiger partial charge in [0.05, 0.1) is 26.7 Å². The standard InChI is InChI=1S/C28H20Cl2N2O5S/c29-18-2-1-3-19(30)23(18)24-16(25(37-31-24)14-4-5-14)13-36-15-6-7-20-17(12-15)28(10-11-28)27(35)32(20)22-9-8-21(38-22)26(33)34/h1-3,6-9,12,14H,4-5,10-11,13H2,(H,33,34). The van der Waals surface area contributed by atoms with Crippen LogP contribution in [0.1, 0.15) is 58.2 Å². The topological polar surface area (TPSA) is 92.9 Å². The Kier molecular flexibility index (Phi) is 5.37. The van der Waals surface area contributed by atoms with Crippen molar-refractivity contribution in [1.82, 2.24) is 5.16 Å². The Morgan fingerprint density at radius 1 is 1.16 bits per heavy atom. The van der Waals surface area contributed by atoms with Gasteiger partial charge in [-0.1, -0.05) is 34.4 Å². The monoisotopic (exact) mass is 566 g/mol. The van der Waals surface area contributed by atoms with Gasteiger partial charge >= 0.3 is 5.97 Å². The molecule has 2 fully saturated rings. The maximum atomic E-state index is 13.5. The zero-order valence-electron chi connectivity index (χ0n) is 19.9. The maximum absolute atomic E-state index is 13.5. The molecular formula is C28H20Cl2N2O5S. The lowest BCUT2D eigenvalue weighted by atomic mass is 9.98. The number of benzene rings is 2. The molecule has 0 bridgehead atoms. The fourth-order valence-electron chi connectivity index (χ4n) is 5.22. The van der Waals surface area contributed by atoms with Crippen molar-refractivity contribution in [3.8, 4) is 17.0 Å². The lowest BCUT2D eigenvalue weighted by molar-refractivity contribution is -0.119. The molecule has 1 amide bonds. The van der Waals surface area contributed by atoms with Crippen LogP contribution in [0, 0.1) is 0 Å². The van der Waals surface area contributed by atoms with Gasteiger partial charge in [-0.3, -0.25) is 9.69 Å². The van der Waals surface area contributed by atoms with Crippen LogP contribution in [-0.2, 0) is 16.8 Å². The molecule has 1 aliphatic heterocycles. The molecule has 0 saturated heterocycles. The molecule has 10 heteroatoms. The molecular weight excluding hydrogens is 547 g/mol. The summed E-state index contributed by atoms with van der Waals surface area (Å²) >= 11 is 14.1. The summed E-state index contributed by atoms with van der Waals surface area (Å²) in [6, 6.07) is 14.2. The van der Waals surface area contributed by atoms with Crippen LogP contribution in [0.5, 0.6) is 5.75 Å². The Bertz CT molecular complexity index is 1620. The fourth-order valence-corrected chi connectivity index (χ4v) is 6.65. The Morgan fingerprint density at radius 3 is 2.58 bits per heavy atom. The number of nitrogens with zero attached hydrogens (tertiary/aromatic N) is 2. The number of aromatic nitrogens is 1. The van der Waals surface area contributed by atoms with Crippen LogP contribution >= 0.6 is 34.5 Å². The van der Waals surface area contributed by atoms with Crippen LogP contribution in [0.4, 0.5) is 10.7 Å². The molecule has 4 aromatic rings. The smallest absolute Gasteiger partial charge is 0.345 e. The number of carboxylic acid groups (broad SMARTS) is 1. The first-order chi connectivity index (χ1) is 18.4. The van der Waals surface area contributed by atoms with E-state index in [9.17, 15) is 14.7 Å². The summed E-state index contributed by atoms with van der Waals surface area (Å²) in [6.45, 7) is 0.211. The summed E-state index contributed by atoms with van der Waals surface area (Å²) in [7, 11) is 0. The summed E-state index contributed by atoms with van der Waals surface area (Å²) < 4.78 is 12.0. The van der Waals surface area contributed by atoms with Crippen LogP contribution in [-0.4, -0.2) is 22.1 Å². The number of fused-ring (bicyclic) bond motifs is 2. The van der Waals surface area contributed by atoms with Gasteiger partial charge in [-0.25, -0.2) is 4.79 Å². The number of anilines is 2. The highest BCUT2D eigenvalue weighted by Gasteiger charge is 2.60. The van der Waals surface area contributed by atoms with Gasteiger partial charge < -0.3 is 14.4 Å². The van der Waals surface area contributed by atoms with Gasteiger partial charge in [-0.15, -0.1) is 11.3 Å². The van der Waals surface area contributed by atoms with Gasteiger partial charge in [0.15, 0.2) is 0 Å². The van der Waals surface area contributed by atoms with Crippen molar-refractivity contribution in [1.29, 1.82) is 0 Å². The number of hydrogen-bond acceptors (Lipinski definition) is 6.